The van der Waals surface area contributed by atoms with Crippen LogP contribution in [0.5, 0.6) is 0 Å². The Morgan fingerprint density at radius 2 is 1.29 bits per heavy atom. The van der Waals surface area contributed by atoms with Crippen molar-refractivity contribution in [3.05, 3.63) is 71.8 Å². The van der Waals surface area contributed by atoms with Crippen LogP contribution in [-0.4, -0.2) is 39.8 Å². The summed E-state index contributed by atoms with van der Waals surface area (Å²) in [7, 11) is 0. The van der Waals surface area contributed by atoms with Gasteiger partial charge in [-0.2, -0.15) is 0 Å². The number of rotatable bonds is 4. The summed E-state index contributed by atoms with van der Waals surface area (Å²) in [6.45, 7) is 0.586. The van der Waals surface area contributed by atoms with Gasteiger partial charge in [0.15, 0.2) is 0 Å². The minimum atomic E-state index is -1.02. The lowest BCUT2D eigenvalue weighted by molar-refractivity contribution is -0.0231. The van der Waals surface area contributed by atoms with Gasteiger partial charge in [-0.15, -0.1) is 0 Å². The highest BCUT2D eigenvalue weighted by molar-refractivity contribution is 5.36. The molecule has 24 heavy (non-hydrogen) atoms. The molecule has 2 N–H and O–H groups in total. The van der Waals surface area contributed by atoms with E-state index in [-0.39, 0.29) is 6.10 Å². The Bertz CT molecular complexity index is 619. The van der Waals surface area contributed by atoms with Crippen molar-refractivity contribution in [2.45, 2.75) is 49.5 Å². The zero-order valence-corrected chi connectivity index (χ0v) is 13.9. The average molecular weight is 323 g/mol. The van der Waals surface area contributed by atoms with Crippen molar-refractivity contribution in [2.24, 2.45) is 0 Å². The Balaban J connectivity index is 1.70. The van der Waals surface area contributed by atoms with E-state index in [9.17, 15) is 10.2 Å². The van der Waals surface area contributed by atoms with Crippen molar-refractivity contribution in [2.75, 3.05) is 6.54 Å². The molecule has 0 radical (unpaired) electrons. The molecule has 0 aromatic heterocycles. The zero-order valence-electron chi connectivity index (χ0n) is 13.9. The Kier molecular flexibility index (Phi) is 4.17. The van der Waals surface area contributed by atoms with E-state index in [2.05, 4.69) is 4.90 Å². The van der Waals surface area contributed by atoms with Crippen LogP contribution >= 0.6 is 0 Å². The molecule has 3 heteroatoms. The van der Waals surface area contributed by atoms with Gasteiger partial charge >= 0.3 is 0 Å². The van der Waals surface area contributed by atoms with Crippen LogP contribution in [0.15, 0.2) is 60.7 Å². The van der Waals surface area contributed by atoms with Crippen LogP contribution in [0, 0.1) is 0 Å². The van der Waals surface area contributed by atoms with Crippen molar-refractivity contribution in [3.63, 3.8) is 0 Å². The van der Waals surface area contributed by atoms with Gasteiger partial charge in [0, 0.05) is 18.6 Å². The minimum absolute atomic E-state index is 0.180. The van der Waals surface area contributed by atoms with Crippen molar-refractivity contribution < 1.29 is 10.2 Å². The molecule has 4 rings (SSSR count). The molecule has 2 heterocycles. The van der Waals surface area contributed by atoms with Crippen LogP contribution in [0.2, 0.25) is 0 Å². The Labute approximate surface area is 143 Å². The van der Waals surface area contributed by atoms with Gasteiger partial charge in [-0.25, -0.2) is 0 Å². The molecular weight excluding hydrogens is 298 g/mol. The monoisotopic (exact) mass is 323 g/mol. The van der Waals surface area contributed by atoms with Gasteiger partial charge in [0.2, 0.25) is 0 Å². The fourth-order valence-corrected chi connectivity index (χ4v) is 4.54. The predicted octanol–water partition coefficient (Wildman–Crippen LogP) is 2.91. The maximum atomic E-state index is 11.7. The van der Waals surface area contributed by atoms with E-state index in [0.29, 0.717) is 18.6 Å². The molecule has 2 bridgehead atoms. The number of nitrogens with zero attached hydrogens (tertiary/aromatic N) is 1. The van der Waals surface area contributed by atoms with E-state index in [0.717, 1.165) is 36.8 Å². The molecule has 2 aliphatic rings. The summed E-state index contributed by atoms with van der Waals surface area (Å²) in [4.78, 5) is 2.44. The third-order valence-corrected chi connectivity index (χ3v) is 5.77. The van der Waals surface area contributed by atoms with E-state index < -0.39 is 5.60 Å². The molecule has 2 saturated heterocycles. The van der Waals surface area contributed by atoms with Gasteiger partial charge in [0.25, 0.3) is 0 Å². The van der Waals surface area contributed by atoms with Crippen LogP contribution in [0.1, 0.15) is 36.8 Å². The van der Waals surface area contributed by atoms with Gasteiger partial charge in [0.05, 0.1) is 6.10 Å². The largest absolute Gasteiger partial charge is 0.393 e. The molecule has 0 aliphatic carbocycles. The summed E-state index contributed by atoms with van der Waals surface area (Å²) in [5.74, 6) is 0. The highest BCUT2D eigenvalue weighted by atomic mass is 16.3. The molecule has 3 nitrogen and oxygen atoms in total. The minimum Gasteiger partial charge on any atom is -0.393 e. The summed E-state index contributed by atoms with van der Waals surface area (Å²) >= 11 is 0. The van der Waals surface area contributed by atoms with Crippen LogP contribution in [0.4, 0.5) is 0 Å². The first-order chi connectivity index (χ1) is 11.7. The molecule has 2 fully saturated rings. The van der Waals surface area contributed by atoms with E-state index in [1.807, 2.05) is 60.7 Å². The molecule has 2 aromatic carbocycles. The zero-order chi connectivity index (χ0) is 16.6. The number of aliphatic hydroxyl groups is 2. The SMILES string of the molecule is OC1CC2CCC(C1)N2CC(O)(c1ccccc1)c1ccccc1. The van der Waals surface area contributed by atoms with Crippen LogP contribution < -0.4 is 0 Å². The van der Waals surface area contributed by atoms with Crippen molar-refractivity contribution in [1.82, 2.24) is 4.90 Å². The highest BCUT2D eigenvalue weighted by Gasteiger charge is 2.44. The smallest absolute Gasteiger partial charge is 0.127 e. The number of hydrogen-bond donors (Lipinski definition) is 2. The molecule has 126 valence electrons. The molecule has 2 aromatic rings. The number of fused-ring (bicyclic) bond motifs is 2. The van der Waals surface area contributed by atoms with E-state index in [1.165, 1.54) is 0 Å². The normalized spacial score (nSPS) is 27.3. The van der Waals surface area contributed by atoms with Crippen LogP contribution in [0.25, 0.3) is 0 Å². The van der Waals surface area contributed by atoms with Crippen molar-refractivity contribution in [1.29, 1.82) is 0 Å². The summed E-state index contributed by atoms with van der Waals surface area (Å²) < 4.78 is 0. The lowest BCUT2D eigenvalue weighted by atomic mass is 9.84. The molecule has 2 aliphatic heterocycles. The fraction of sp³-hybridized carbons (Fsp3) is 0.429. The Morgan fingerprint density at radius 3 is 1.75 bits per heavy atom. The molecular formula is C21H25NO2. The number of benzene rings is 2. The fourth-order valence-electron chi connectivity index (χ4n) is 4.54. The van der Waals surface area contributed by atoms with Gasteiger partial charge in [-0.3, -0.25) is 4.90 Å². The topological polar surface area (TPSA) is 43.7 Å². The average Bonchev–Trinajstić information content (AvgIpc) is 2.86. The summed E-state index contributed by atoms with van der Waals surface area (Å²) in [6.07, 6.45) is 3.73. The van der Waals surface area contributed by atoms with E-state index in [1.54, 1.807) is 0 Å². The van der Waals surface area contributed by atoms with Crippen LogP contribution in [-0.2, 0) is 5.60 Å². The van der Waals surface area contributed by atoms with Crippen LogP contribution in [0.3, 0.4) is 0 Å². The van der Waals surface area contributed by atoms with Crippen molar-refractivity contribution in [3.8, 4) is 0 Å². The van der Waals surface area contributed by atoms with Crippen molar-refractivity contribution >= 4 is 0 Å². The number of aliphatic hydroxyl groups excluding tert-OH is 1. The van der Waals surface area contributed by atoms with Gasteiger partial charge in [-0.05, 0) is 36.8 Å². The predicted molar refractivity (Wildman–Crippen MR) is 94.6 cm³/mol. The van der Waals surface area contributed by atoms with Gasteiger partial charge < -0.3 is 10.2 Å². The second kappa shape index (κ2) is 6.32. The molecule has 2 atom stereocenters. The molecule has 0 spiro atoms. The lowest BCUT2D eigenvalue weighted by Gasteiger charge is -2.42. The second-order valence-electron chi connectivity index (χ2n) is 7.27. The number of piperidine rings is 1. The molecule has 2 unspecified atom stereocenters. The standard InChI is InChI=1S/C21H25NO2/c23-20-13-18-11-12-19(14-20)22(18)15-21(24,16-7-3-1-4-8-16)17-9-5-2-6-10-17/h1-10,18-20,23-24H,11-15H2. The Hall–Kier alpha value is -1.68. The second-order valence-corrected chi connectivity index (χ2v) is 7.27. The Morgan fingerprint density at radius 1 is 0.833 bits per heavy atom. The first-order valence-electron chi connectivity index (χ1n) is 8.94. The maximum absolute atomic E-state index is 11.7. The molecule has 0 amide bonds. The lowest BCUT2D eigenvalue weighted by Crippen LogP contribution is -2.51. The van der Waals surface area contributed by atoms with Gasteiger partial charge in [-0.1, -0.05) is 60.7 Å². The summed E-state index contributed by atoms with van der Waals surface area (Å²) in [5.41, 5.74) is 0.842. The molecule has 0 saturated carbocycles. The number of hydrogen-bond acceptors (Lipinski definition) is 3. The van der Waals surface area contributed by atoms with E-state index in [4.69, 9.17) is 0 Å². The third-order valence-electron chi connectivity index (χ3n) is 5.77. The quantitative estimate of drug-likeness (QED) is 0.909. The first kappa shape index (κ1) is 15.8. The first-order valence-corrected chi connectivity index (χ1v) is 8.94. The summed E-state index contributed by atoms with van der Waals surface area (Å²) in [6, 6.07) is 20.7. The van der Waals surface area contributed by atoms with E-state index >= 15 is 0 Å². The third kappa shape index (κ3) is 2.77. The van der Waals surface area contributed by atoms with Gasteiger partial charge in [0.1, 0.15) is 5.60 Å². The highest BCUT2D eigenvalue weighted by Crippen LogP contribution is 2.40. The summed E-state index contributed by atoms with van der Waals surface area (Å²) in [5, 5.41) is 21.8. The maximum Gasteiger partial charge on any atom is 0.127 e.